The molecule has 2 aromatic rings. The number of rotatable bonds is 1. The number of allylic oxidation sites excluding steroid dienone is 1. The summed E-state index contributed by atoms with van der Waals surface area (Å²) < 4.78 is 11.1. The van der Waals surface area contributed by atoms with Crippen LogP contribution in [0.2, 0.25) is 0 Å². The maximum Gasteiger partial charge on any atom is 0.342 e. The smallest absolute Gasteiger partial charge is 0.342 e. The Morgan fingerprint density at radius 1 is 1.03 bits per heavy atom. The lowest BCUT2D eigenvalue weighted by Gasteiger charge is -2.27. The molecule has 2 aliphatic rings. The van der Waals surface area contributed by atoms with Gasteiger partial charge >= 0.3 is 11.9 Å². The maximum atomic E-state index is 13.2. The molecule has 33 heavy (non-hydrogen) atoms. The number of fused-ring (bicyclic) bond motifs is 2. The molecule has 1 N–H and O–H groups in total. The molecule has 0 saturated heterocycles. The third kappa shape index (κ3) is 5.16. The molecule has 0 unspecified atom stereocenters. The number of benzene rings is 2. The normalized spacial score (nSPS) is 22.9. The van der Waals surface area contributed by atoms with Crippen LogP contribution in [0.1, 0.15) is 84.8 Å². The Labute approximate surface area is 193 Å². The van der Waals surface area contributed by atoms with Crippen LogP contribution in [0.25, 0.3) is 6.08 Å². The average molecular weight is 449 g/mol. The standard InChI is InChI=1S/C27H28O6/c1-17-9-8-14-20(28)13-7-3-6-12-19-15-22-25(26(30)24(19)27(31)32-17)21(16-23(29)33-22)18-10-4-2-5-11-18/h2,4-6,10-12,15,17,21,30H,3,7-9,13-14,16H2,1H3/b12-6+/t17-,21-/m1/s1. The number of carbonyl (C=O) groups is 3. The van der Waals surface area contributed by atoms with Crippen LogP contribution in [0.3, 0.4) is 0 Å². The zero-order chi connectivity index (χ0) is 23.4. The molecular weight excluding hydrogens is 420 g/mol. The van der Waals surface area contributed by atoms with Gasteiger partial charge in [-0.1, -0.05) is 42.5 Å². The Morgan fingerprint density at radius 2 is 1.79 bits per heavy atom. The summed E-state index contributed by atoms with van der Waals surface area (Å²) in [4.78, 5) is 37.5. The van der Waals surface area contributed by atoms with E-state index in [0.717, 1.165) is 5.56 Å². The molecule has 0 bridgehead atoms. The van der Waals surface area contributed by atoms with Crippen LogP contribution >= 0.6 is 0 Å². The first-order chi connectivity index (χ1) is 15.9. The van der Waals surface area contributed by atoms with Gasteiger partial charge in [0.15, 0.2) is 0 Å². The molecule has 6 nitrogen and oxygen atoms in total. The van der Waals surface area contributed by atoms with Crippen LogP contribution in [-0.2, 0) is 14.3 Å². The highest BCUT2D eigenvalue weighted by Crippen LogP contribution is 2.47. The van der Waals surface area contributed by atoms with E-state index in [9.17, 15) is 19.5 Å². The first-order valence-corrected chi connectivity index (χ1v) is 11.5. The number of phenols is 1. The molecule has 6 heteroatoms. The number of Topliss-reactive ketones (excluding diaryl/α,β-unsaturated/α-hetero) is 1. The van der Waals surface area contributed by atoms with Crippen LogP contribution in [0, 0.1) is 0 Å². The molecule has 0 aromatic heterocycles. The quantitative estimate of drug-likeness (QED) is 0.469. The van der Waals surface area contributed by atoms with Crippen LogP contribution in [0.15, 0.2) is 42.5 Å². The Kier molecular flexibility index (Phi) is 6.92. The lowest BCUT2D eigenvalue weighted by molar-refractivity contribution is -0.135. The molecule has 0 aliphatic carbocycles. The SMILES string of the molecule is C[C@@H]1CCCC(=O)CCC/C=C/c2cc3c(c(O)c2C(=O)O1)[C@@H](c1ccccc1)CC(=O)O3. The van der Waals surface area contributed by atoms with E-state index in [-0.39, 0.29) is 29.3 Å². The van der Waals surface area contributed by atoms with E-state index in [1.807, 2.05) is 36.4 Å². The van der Waals surface area contributed by atoms with Crippen molar-refractivity contribution >= 4 is 23.8 Å². The average Bonchev–Trinajstić information content (AvgIpc) is 2.78. The Morgan fingerprint density at radius 3 is 2.58 bits per heavy atom. The highest BCUT2D eigenvalue weighted by Gasteiger charge is 2.35. The van der Waals surface area contributed by atoms with Crippen molar-refractivity contribution in [1.29, 1.82) is 0 Å². The number of ketones is 1. The highest BCUT2D eigenvalue weighted by atomic mass is 16.5. The largest absolute Gasteiger partial charge is 0.507 e. The van der Waals surface area contributed by atoms with Gasteiger partial charge in [0, 0.05) is 24.3 Å². The summed E-state index contributed by atoms with van der Waals surface area (Å²) in [6.07, 6.45) is 6.82. The highest BCUT2D eigenvalue weighted by molar-refractivity contribution is 5.98. The predicted molar refractivity (Wildman–Crippen MR) is 123 cm³/mol. The lowest BCUT2D eigenvalue weighted by Crippen LogP contribution is -2.23. The molecule has 2 heterocycles. The summed E-state index contributed by atoms with van der Waals surface area (Å²) in [6, 6.07) is 11.0. The van der Waals surface area contributed by atoms with Crippen molar-refractivity contribution < 1.29 is 29.0 Å². The van der Waals surface area contributed by atoms with Crippen molar-refractivity contribution in [2.45, 2.75) is 63.9 Å². The Hall–Kier alpha value is -3.41. The fourth-order valence-electron chi connectivity index (χ4n) is 4.49. The van der Waals surface area contributed by atoms with Gasteiger partial charge < -0.3 is 14.6 Å². The zero-order valence-electron chi connectivity index (χ0n) is 18.7. The zero-order valence-corrected chi connectivity index (χ0v) is 18.7. The predicted octanol–water partition coefficient (Wildman–Crippen LogP) is 5.32. The topological polar surface area (TPSA) is 89.9 Å². The molecule has 2 aliphatic heterocycles. The maximum absolute atomic E-state index is 13.2. The summed E-state index contributed by atoms with van der Waals surface area (Å²) in [5, 5.41) is 11.3. The van der Waals surface area contributed by atoms with Gasteiger partial charge in [0.05, 0.1) is 12.5 Å². The Bertz CT molecular complexity index is 1090. The van der Waals surface area contributed by atoms with Gasteiger partial charge in [0.1, 0.15) is 22.8 Å². The van der Waals surface area contributed by atoms with E-state index < -0.39 is 24.0 Å². The molecule has 172 valence electrons. The van der Waals surface area contributed by atoms with Gasteiger partial charge in [-0.2, -0.15) is 0 Å². The molecule has 4 rings (SSSR count). The molecular formula is C27H28O6. The van der Waals surface area contributed by atoms with Gasteiger partial charge in [-0.05, 0) is 49.8 Å². The van der Waals surface area contributed by atoms with Crippen LogP contribution in [0.4, 0.5) is 0 Å². The number of phenolic OH excluding ortho intramolecular Hbond substituents is 1. The van der Waals surface area contributed by atoms with E-state index in [1.54, 1.807) is 19.1 Å². The summed E-state index contributed by atoms with van der Waals surface area (Å²) >= 11 is 0. The van der Waals surface area contributed by atoms with E-state index in [4.69, 9.17) is 9.47 Å². The van der Waals surface area contributed by atoms with Crippen molar-refractivity contribution in [3.63, 3.8) is 0 Å². The second-order valence-corrected chi connectivity index (χ2v) is 8.68. The van der Waals surface area contributed by atoms with Crippen molar-refractivity contribution in [3.05, 3.63) is 64.7 Å². The molecule has 0 fully saturated rings. The first kappa shape index (κ1) is 22.8. The van der Waals surface area contributed by atoms with Crippen molar-refractivity contribution in [2.24, 2.45) is 0 Å². The molecule has 0 radical (unpaired) electrons. The molecule has 0 spiro atoms. The van der Waals surface area contributed by atoms with E-state index in [2.05, 4.69) is 0 Å². The summed E-state index contributed by atoms with van der Waals surface area (Å²) in [7, 11) is 0. The number of aromatic hydroxyl groups is 1. The summed E-state index contributed by atoms with van der Waals surface area (Å²) in [5.74, 6) is -1.21. The minimum Gasteiger partial charge on any atom is -0.507 e. The van der Waals surface area contributed by atoms with Crippen molar-refractivity contribution in [1.82, 2.24) is 0 Å². The second kappa shape index (κ2) is 10.0. The second-order valence-electron chi connectivity index (χ2n) is 8.68. The monoisotopic (exact) mass is 448 g/mol. The van der Waals surface area contributed by atoms with Gasteiger partial charge in [-0.3, -0.25) is 9.59 Å². The van der Waals surface area contributed by atoms with Gasteiger partial charge in [0.2, 0.25) is 0 Å². The number of cyclic esters (lactones) is 1. The third-order valence-electron chi connectivity index (χ3n) is 6.18. The number of hydrogen-bond acceptors (Lipinski definition) is 6. The minimum absolute atomic E-state index is 0.0681. The molecule has 0 saturated carbocycles. The Balaban J connectivity index is 1.80. The van der Waals surface area contributed by atoms with Gasteiger partial charge in [-0.25, -0.2) is 4.79 Å². The molecule has 2 aromatic carbocycles. The molecule has 0 amide bonds. The number of carbonyl (C=O) groups excluding carboxylic acids is 3. The van der Waals surface area contributed by atoms with E-state index in [1.165, 1.54) is 0 Å². The fraction of sp³-hybridized carbons (Fsp3) is 0.370. The van der Waals surface area contributed by atoms with E-state index in [0.29, 0.717) is 49.7 Å². The minimum atomic E-state index is -0.630. The van der Waals surface area contributed by atoms with E-state index >= 15 is 0 Å². The summed E-state index contributed by atoms with van der Waals surface area (Å²) in [6.45, 7) is 1.79. The van der Waals surface area contributed by atoms with Crippen LogP contribution in [-0.4, -0.2) is 28.9 Å². The van der Waals surface area contributed by atoms with Crippen LogP contribution in [0.5, 0.6) is 11.5 Å². The third-order valence-corrected chi connectivity index (χ3v) is 6.18. The molecule has 2 atom stereocenters. The van der Waals surface area contributed by atoms with Gasteiger partial charge in [-0.15, -0.1) is 0 Å². The number of ether oxygens (including phenoxy) is 2. The number of hydrogen-bond donors (Lipinski definition) is 1. The lowest BCUT2D eigenvalue weighted by atomic mass is 9.83. The first-order valence-electron chi connectivity index (χ1n) is 11.5. The van der Waals surface area contributed by atoms with Gasteiger partial charge in [0.25, 0.3) is 0 Å². The fourth-order valence-corrected chi connectivity index (χ4v) is 4.49. The van der Waals surface area contributed by atoms with Crippen LogP contribution < -0.4 is 4.74 Å². The van der Waals surface area contributed by atoms with Crippen molar-refractivity contribution in [3.8, 4) is 11.5 Å². The number of esters is 2. The van der Waals surface area contributed by atoms with Crippen molar-refractivity contribution in [2.75, 3.05) is 0 Å². The summed E-state index contributed by atoms with van der Waals surface area (Å²) in [5.41, 5.74) is 1.77.